The predicted molar refractivity (Wildman–Crippen MR) is 105 cm³/mol. The van der Waals surface area contributed by atoms with Crippen LogP contribution in [-0.4, -0.2) is 52.9 Å². The van der Waals surface area contributed by atoms with Crippen molar-refractivity contribution < 1.29 is 4.79 Å². The highest BCUT2D eigenvalue weighted by molar-refractivity contribution is 7.09. The van der Waals surface area contributed by atoms with Crippen LogP contribution in [0.15, 0.2) is 42.0 Å². The van der Waals surface area contributed by atoms with Gasteiger partial charge in [-0.3, -0.25) is 9.78 Å². The van der Waals surface area contributed by atoms with Gasteiger partial charge in [-0.05, 0) is 61.6 Å². The van der Waals surface area contributed by atoms with Crippen LogP contribution < -0.4 is 0 Å². The first-order chi connectivity index (χ1) is 12.8. The molecule has 1 aliphatic heterocycles. The van der Waals surface area contributed by atoms with E-state index < -0.39 is 0 Å². The van der Waals surface area contributed by atoms with Gasteiger partial charge in [-0.25, -0.2) is 0 Å². The van der Waals surface area contributed by atoms with Crippen molar-refractivity contribution in [3.8, 4) is 0 Å². The van der Waals surface area contributed by atoms with Gasteiger partial charge in [0.05, 0.1) is 5.56 Å². The van der Waals surface area contributed by atoms with E-state index in [1.807, 2.05) is 23.5 Å². The van der Waals surface area contributed by atoms with Gasteiger partial charge in [0, 0.05) is 49.5 Å². The fourth-order valence-corrected chi connectivity index (χ4v) is 4.51. The molecule has 0 spiro atoms. The monoisotopic (exact) mass is 369 g/mol. The van der Waals surface area contributed by atoms with Crippen molar-refractivity contribution in [1.82, 2.24) is 14.8 Å². The zero-order valence-corrected chi connectivity index (χ0v) is 16.0. The Kier molecular flexibility index (Phi) is 5.65. The van der Waals surface area contributed by atoms with Crippen molar-refractivity contribution in [3.05, 3.63) is 52.5 Å². The van der Waals surface area contributed by atoms with Gasteiger partial charge in [0.15, 0.2) is 0 Å². The van der Waals surface area contributed by atoms with Crippen molar-refractivity contribution in [2.45, 2.75) is 38.1 Å². The average Bonchev–Trinajstić information content (AvgIpc) is 3.37. The summed E-state index contributed by atoms with van der Waals surface area (Å²) in [4.78, 5) is 23.4. The lowest BCUT2D eigenvalue weighted by Gasteiger charge is -2.38. The topological polar surface area (TPSA) is 36.4 Å². The maximum Gasteiger partial charge on any atom is 0.255 e. The molecule has 4 rings (SSSR count). The third-order valence-corrected chi connectivity index (χ3v) is 6.51. The standard InChI is InChI=1S/C21H27N3OS/c25-21(18-3-1-10-22-15-18)24(16-17-5-6-17)19-7-11-23(12-8-19)13-9-20-4-2-14-26-20/h1-4,10,14-15,17,19H,5-9,11-13,16H2. The number of thiophene rings is 1. The number of rotatable bonds is 7. The van der Waals surface area contributed by atoms with Gasteiger partial charge in [0.2, 0.25) is 0 Å². The van der Waals surface area contributed by atoms with Crippen LogP contribution in [0, 0.1) is 5.92 Å². The summed E-state index contributed by atoms with van der Waals surface area (Å²) in [5, 5.41) is 2.15. The molecule has 1 saturated heterocycles. The number of piperidine rings is 1. The Bertz CT molecular complexity index is 691. The number of likely N-dealkylation sites (tertiary alicyclic amines) is 1. The van der Waals surface area contributed by atoms with Crippen molar-refractivity contribution in [3.63, 3.8) is 0 Å². The maximum atomic E-state index is 13.0. The quantitative estimate of drug-likeness (QED) is 0.747. The Labute approximate surface area is 159 Å². The van der Waals surface area contributed by atoms with Gasteiger partial charge in [-0.15, -0.1) is 11.3 Å². The van der Waals surface area contributed by atoms with Crippen molar-refractivity contribution in [2.75, 3.05) is 26.2 Å². The van der Waals surface area contributed by atoms with E-state index in [-0.39, 0.29) is 5.91 Å². The first-order valence-electron chi connectivity index (χ1n) is 9.75. The summed E-state index contributed by atoms with van der Waals surface area (Å²) in [6, 6.07) is 8.48. The molecular formula is C21H27N3OS. The van der Waals surface area contributed by atoms with Gasteiger partial charge in [0.25, 0.3) is 5.91 Å². The van der Waals surface area contributed by atoms with E-state index in [0.717, 1.165) is 51.0 Å². The zero-order chi connectivity index (χ0) is 17.8. The molecule has 5 heteroatoms. The van der Waals surface area contributed by atoms with Crippen molar-refractivity contribution in [2.24, 2.45) is 5.92 Å². The summed E-state index contributed by atoms with van der Waals surface area (Å²) >= 11 is 1.85. The molecule has 0 aromatic carbocycles. The molecule has 2 aliphatic rings. The second-order valence-corrected chi connectivity index (χ2v) is 8.58. The normalized spacial score (nSPS) is 18.8. The van der Waals surface area contributed by atoms with E-state index >= 15 is 0 Å². The Hall–Kier alpha value is -1.72. The number of aromatic nitrogens is 1. The highest BCUT2D eigenvalue weighted by atomic mass is 32.1. The summed E-state index contributed by atoms with van der Waals surface area (Å²) < 4.78 is 0. The molecule has 0 bridgehead atoms. The Balaban J connectivity index is 1.34. The van der Waals surface area contributed by atoms with Crippen LogP contribution in [0.5, 0.6) is 0 Å². The number of amides is 1. The van der Waals surface area contributed by atoms with E-state index in [0.29, 0.717) is 12.0 Å². The summed E-state index contributed by atoms with van der Waals surface area (Å²) in [5.41, 5.74) is 0.730. The van der Waals surface area contributed by atoms with Crippen LogP contribution in [-0.2, 0) is 6.42 Å². The number of pyridine rings is 1. The van der Waals surface area contributed by atoms with E-state index in [4.69, 9.17) is 0 Å². The molecule has 0 N–H and O–H groups in total. The molecule has 0 unspecified atom stereocenters. The van der Waals surface area contributed by atoms with E-state index in [9.17, 15) is 4.79 Å². The largest absolute Gasteiger partial charge is 0.335 e. The molecule has 0 atom stereocenters. The van der Waals surface area contributed by atoms with Crippen LogP contribution in [0.2, 0.25) is 0 Å². The molecule has 26 heavy (non-hydrogen) atoms. The third kappa shape index (κ3) is 4.51. The minimum atomic E-state index is 0.169. The fraction of sp³-hybridized carbons (Fsp3) is 0.524. The van der Waals surface area contributed by atoms with Crippen molar-refractivity contribution >= 4 is 17.2 Å². The molecule has 1 amide bonds. The molecule has 2 fully saturated rings. The molecule has 0 radical (unpaired) electrons. The molecule has 138 valence electrons. The lowest BCUT2D eigenvalue weighted by molar-refractivity contribution is 0.0559. The fourth-order valence-electron chi connectivity index (χ4n) is 3.81. The van der Waals surface area contributed by atoms with E-state index in [1.54, 1.807) is 12.4 Å². The Morgan fingerprint density at radius 1 is 1.19 bits per heavy atom. The number of carbonyl (C=O) groups is 1. The Morgan fingerprint density at radius 3 is 2.69 bits per heavy atom. The summed E-state index contributed by atoms with van der Waals surface area (Å²) in [5.74, 6) is 0.884. The second kappa shape index (κ2) is 8.31. The van der Waals surface area contributed by atoms with Crippen LogP contribution in [0.25, 0.3) is 0 Å². The number of nitrogens with zero attached hydrogens (tertiary/aromatic N) is 3. The number of hydrogen-bond acceptors (Lipinski definition) is 4. The van der Waals surface area contributed by atoms with Crippen molar-refractivity contribution in [1.29, 1.82) is 0 Å². The molecule has 4 nitrogen and oxygen atoms in total. The Morgan fingerprint density at radius 2 is 2.04 bits per heavy atom. The van der Waals surface area contributed by atoms with Gasteiger partial charge in [-0.1, -0.05) is 6.07 Å². The summed E-state index contributed by atoms with van der Waals surface area (Å²) in [6.45, 7) is 4.25. The van der Waals surface area contributed by atoms with Gasteiger partial charge in [0.1, 0.15) is 0 Å². The minimum absolute atomic E-state index is 0.169. The van der Waals surface area contributed by atoms with Gasteiger partial charge >= 0.3 is 0 Å². The predicted octanol–water partition coefficient (Wildman–Crippen LogP) is 3.70. The minimum Gasteiger partial charge on any atom is -0.335 e. The van der Waals surface area contributed by atoms with E-state index in [2.05, 4.69) is 32.3 Å². The number of carbonyl (C=O) groups excluding carboxylic acids is 1. The number of hydrogen-bond donors (Lipinski definition) is 0. The molecule has 1 saturated carbocycles. The first-order valence-corrected chi connectivity index (χ1v) is 10.6. The summed E-state index contributed by atoms with van der Waals surface area (Å²) in [6.07, 6.45) is 9.30. The van der Waals surface area contributed by atoms with Crippen LogP contribution in [0.1, 0.15) is 40.9 Å². The smallest absolute Gasteiger partial charge is 0.255 e. The molecule has 2 aromatic rings. The van der Waals surface area contributed by atoms with Gasteiger partial charge in [-0.2, -0.15) is 0 Å². The highest BCUT2D eigenvalue weighted by Gasteiger charge is 2.33. The molecular weight excluding hydrogens is 342 g/mol. The second-order valence-electron chi connectivity index (χ2n) is 7.54. The first kappa shape index (κ1) is 17.7. The average molecular weight is 370 g/mol. The maximum absolute atomic E-state index is 13.0. The SMILES string of the molecule is O=C(c1cccnc1)N(CC1CC1)C1CCN(CCc2cccs2)CC1. The highest BCUT2D eigenvalue weighted by Crippen LogP contribution is 2.32. The lowest BCUT2D eigenvalue weighted by atomic mass is 10.0. The lowest BCUT2D eigenvalue weighted by Crippen LogP contribution is -2.48. The van der Waals surface area contributed by atoms with Crippen LogP contribution >= 0.6 is 11.3 Å². The molecule has 1 aliphatic carbocycles. The van der Waals surface area contributed by atoms with Crippen LogP contribution in [0.3, 0.4) is 0 Å². The summed E-state index contributed by atoms with van der Waals surface area (Å²) in [7, 11) is 0. The van der Waals surface area contributed by atoms with Gasteiger partial charge < -0.3 is 9.80 Å². The zero-order valence-electron chi connectivity index (χ0n) is 15.2. The molecule has 2 aromatic heterocycles. The molecule has 3 heterocycles. The van der Waals surface area contributed by atoms with E-state index in [1.165, 1.54) is 17.7 Å². The third-order valence-electron chi connectivity index (χ3n) is 5.57. The van der Waals surface area contributed by atoms with Crippen LogP contribution in [0.4, 0.5) is 0 Å².